The lowest BCUT2D eigenvalue weighted by Gasteiger charge is -2.16. The van der Waals surface area contributed by atoms with Gasteiger partial charge < -0.3 is 5.32 Å². The standard InChI is InChI=1S/C7H9N3/c1-5-2-6-7(8-3-5)10-4-9-6/h3-4,6H,2H2,1H3,(H,8,9,10). The van der Waals surface area contributed by atoms with Crippen LogP contribution in [-0.2, 0) is 0 Å². The Morgan fingerprint density at radius 2 is 2.60 bits per heavy atom. The molecule has 1 unspecified atom stereocenters. The van der Waals surface area contributed by atoms with Crippen molar-refractivity contribution >= 4 is 12.2 Å². The maximum Gasteiger partial charge on any atom is 0.133 e. The first-order valence-corrected chi connectivity index (χ1v) is 3.38. The molecule has 0 bridgehead atoms. The van der Waals surface area contributed by atoms with Gasteiger partial charge >= 0.3 is 0 Å². The van der Waals surface area contributed by atoms with Crippen molar-refractivity contribution in [2.24, 2.45) is 9.98 Å². The second-order valence-corrected chi connectivity index (χ2v) is 2.63. The van der Waals surface area contributed by atoms with Gasteiger partial charge in [-0.15, -0.1) is 0 Å². The van der Waals surface area contributed by atoms with Crippen LogP contribution in [0.1, 0.15) is 13.3 Å². The molecule has 0 spiro atoms. The summed E-state index contributed by atoms with van der Waals surface area (Å²) in [5.41, 5.74) is 1.34. The summed E-state index contributed by atoms with van der Waals surface area (Å²) in [6.45, 7) is 2.09. The summed E-state index contributed by atoms with van der Waals surface area (Å²) in [6, 6.07) is 0.282. The van der Waals surface area contributed by atoms with Gasteiger partial charge in [-0.2, -0.15) is 0 Å². The van der Waals surface area contributed by atoms with E-state index in [4.69, 9.17) is 0 Å². The van der Waals surface area contributed by atoms with Gasteiger partial charge in [0.05, 0.1) is 0 Å². The Morgan fingerprint density at radius 3 is 3.50 bits per heavy atom. The van der Waals surface area contributed by atoms with Crippen LogP contribution in [0.4, 0.5) is 0 Å². The number of hydrogen-bond donors (Lipinski definition) is 1. The van der Waals surface area contributed by atoms with Crippen LogP contribution < -0.4 is 5.32 Å². The van der Waals surface area contributed by atoms with Gasteiger partial charge in [-0.3, -0.25) is 4.99 Å². The largest absolute Gasteiger partial charge is 0.348 e. The Labute approximate surface area is 59.6 Å². The predicted molar refractivity (Wildman–Crippen MR) is 41.2 cm³/mol. The van der Waals surface area contributed by atoms with Crippen LogP contribution >= 0.6 is 0 Å². The lowest BCUT2D eigenvalue weighted by molar-refractivity contribution is 0.801. The van der Waals surface area contributed by atoms with Crippen molar-refractivity contribution in [2.75, 3.05) is 0 Å². The number of aliphatic imine (C=N–C) groups is 2. The van der Waals surface area contributed by atoms with Crippen LogP contribution in [0.2, 0.25) is 0 Å². The van der Waals surface area contributed by atoms with Crippen LogP contribution in [0.3, 0.4) is 0 Å². The molecule has 1 atom stereocenters. The minimum atomic E-state index is 0.282. The Morgan fingerprint density at radius 1 is 1.70 bits per heavy atom. The molecule has 0 aliphatic carbocycles. The van der Waals surface area contributed by atoms with E-state index in [1.165, 1.54) is 5.57 Å². The second-order valence-electron chi connectivity index (χ2n) is 2.63. The van der Waals surface area contributed by atoms with Crippen LogP contribution in [0.5, 0.6) is 0 Å². The molecule has 0 aromatic heterocycles. The third-order valence-electron chi connectivity index (χ3n) is 1.74. The highest BCUT2D eigenvalue weighted by Crippen LogP contribution is 2.14. The quantitative estimate of drug-likeness (QED) is 0.521. The topological polar surface area (TPSA) is 36.8 Å². The average molecular weight is 135 g/mol. The van der Waals surface area contributed by atoms with E-state index in [1.807, 2.05) is 6.20 Å². The zero-order valence-electron chi connectivity index (χ0n) is 5.83. The van der Waals surface area contributed by atoms with Gasteiger partial charge in [-0.1, -0.05) is 5.57 Å². The van der Waals surface area contributed by atoms with Gasteiger partial charge in [-0.05, 0) is 13.3 Å². The van der Waals surface area contributed by atoms with E-state index in [1.54, 1.807) is 6.34 Å². The van der Waals surface area contributed by atoms with Gasteiger partial charge in [0.25, 0.3) is 0 Å². The highest BCUT2D eigenvalue weighted by molar-refractivity contribution is 5.98. The Bertz CT molecular complexity index is 237. The molecule has 2 heterocycles. The molecule has 1 N–H and O–H groups in total. The molecule has 0 aromatic carbocycles. The van der Waals surface area contributed by atoms with Crippen molar-refractivity contribution < 1.29 is 0 Å². The van der Waals surface area contributed by atoms with E-state index >= 15 is 0 Å². The molecule has 3 nitrogen and oxygen atoms in total. The van der Waals surface area contributed by atoms with Crippen LogP contribution in [0, 0.1) is 0 Å². The summed E-state index contributed by atoms with van der Waals surface area (Å²) in [6.07, 6.45) is 4.63. The van der Waals surface area contributed by atoms with Gasteiger partial charge in [0.15, 0.2) is 0 Å². The lowest BCUT2D eigenvalue weighted by Crippen LogP contribution is -2.32. The van der Waals surface area contributed by atoms with Crippen molar-refractivity contribution in [3.05, 3.63) is 11.8 Å². The maximum absolute atomic E-state index is 4.18. The normalized spacial score (nSPS) is 28.7. The van der Waals surface area contributed by atoms with Gasteiger partial charge in [0.1, 0.15) is 18.2 Å². The van der Waals surface area contributed by atoms with Crippen LogP contribution in [-0.4, -0.2) is 18.2 Å². The number of nitrogens with zero attached hydrogens (tertiary/aromatic N) is 2. The van der Waals surface area contributed by atoms with Crippen LogP contribution in [0.15, 0.2) is 21.8 Å². The maximum atomic E-state index is 4.18. The zero-order chi connectivity index (χ0) is 6.97. The molecule has 0 amide bonds. The molecule has 0 aromatic rings. The summed E-state index contributed by atoms with van der Waals surface area (Å²) < 4.78 is 0. The summed E-state index contributed by atoms with van der Waals surface area (Å²) in [7, 11) is 0. The van der Waals surface area contributed by atoms with E-state index in [2.05, 4.69) is 22.2 Å². The molecule has 0 saturated heterocycles. The van der Waals surface area contributed by atoms with Crippen LogP contribution in [0.25, 0.3) is 0 Å². The average Bonchev–Trinajstić information content (AvgIpc) is 2.33. The number of rotatable bonds is 0. The van der Waals surface area contributed by atoms with Gasteiger partial charge in [0.2, 0.25) is 0 Å². The van der Waals surface area contributed by atoms with Crippen molar-refractivity contribution in [3.8, 4) is 0 Å². The highest BCUT2D eigenvalue weighted by atomic mass is 15.1. The zero-order valence-corrected chi connectivity index (χ0v) is 5.83. The minimum absolute atomic E-state index is 0.282. The number of hydrogen-bond acceptors (Lipinski definition) is 3. The first-order valence-electron chi connectivity index (χ1n) is 3.38. The fourth-order valence-electron chi connectivity index (χ4n) is 1.18. The van der Waals surface area contributed by atoms with E-state index in [0.717, 1.165) is 12.3 Å². The number of fused-ring (bicyclic) bond motifs is 1. The Kier molecular flexibility index (Phi) is 1.09. The van der Waals surface area contributed by atoms with E-state index in [-0.39, 0.29) is 6.04 Å². The molecule has 2 rings (SSSR count). The van der Waals surface area contributed by atoms with E-state index in [9.17, 15) is 0 Å². The molecular formula is C7H9N3. The molecule has 2 aliphatic rings. The fraction of sp³-hybridized carbons (Fsp3) is 0.429. The Balaban J connectivity index is 2.25. The van der Waals surface area contributed by atoms with Gasteiger partial charge in [-0.25, -0.2) is 4.99 Å². The smallest absolute Gasteiger partial charge is 0.133 e. The number of amidine groups is 1. The monoisotopic (exact) mass is 135 g/mol. The summed E-state index contributed by atoms with van der Waals surface area (Å²) >= 11 is 0. The molecule has 0 radical (unpaired) electrons. The molecule has 10 heavy (non-hydrogen) atoms. The van der Waals surface area contributed by atoms with Crippen molar-refractivity contribution in [1.82, 2.24) is 5.32 Å². The third-order valence-corrected chi connectivity index (χ3v) is 1.74. The summed E-state index contributed by atoms with van der Waals surface area (Å²) in [5, 5.41) is 3.09. The first kappa shape index (κ1) is 5.65. The molecule has 3 heteroatoms. The van der Waals surface area contributed by atoms with Crippen molar-refractivity contribution in [1.29, 1.82) is 0 Å². The van der Waals surface area contributed by atoms with E-state index in [0.29, 0.717) is 0 Å². The number of nitrogens with one attached hydrogen (secondary N) is 1. The molecule has 2 aliphatic heterocycles. The predicted octanol–water partition coefficient (Wildman–Crippen LogP) is 0.693. The molecule has 0 fully saturated rings. The SMILES string of the molecule is CC1=CNC2=NC=NC2C1. The first-order chi connectivity index (χ1) is 4.86. The molecule has 0 saturated carbocycles. The van der Waals surface area contributed by atoms with E-state index < -0.39 is 0 Å². The summed E-state index contributed by atoms with van der Waals surface area (Å²) in [4.78, 5) is 8.24. The summed E-state index contributed by atoms with van der Waals surface area (Å²) in [5.74, 6) is 0.991. The fourth-order valence-corrected chi connectivity index (χ4v) is 1.18. The lowest BCUT2D eigenvalue weighted by atomic mass is 10.1. The van der Waals surface area contributed by atoms with Gasteiger partial charge in [0, 0.05) is 6.20 Å². The molecular weight excluding hydrogens is 126 g/mol. The third kappa shape index (κ3) is 0.744. The van der Waals surface area contributed by atoms with Crippen molar-refractivity contribution in [3.63, 3.8) is 0 Å². The Hall–Kier alpha value is -1.12. The molecule has 52 valence electrons. The van der Waals surface area contributed by atoms with Crippen molar-refractivity contribution in [2.45, 2.75) is 19.4 Å². The minimum Gasteiger partial charge on any atom is -0.348 e. The second kappa shape index (κ2) is 1.94. The highest BCUT2D eigenvalue weighted by Gasteiger charge is 2.20.